The molecule has 1 saturated heterocycles. The van der Waals surface area contributed by atoms with E-state index in [4.69, 9.17) is 14.2 Å². The minimum absolute atomic E-state index is 0.144. The lowest BCUT2D eigenvalue weighted by atomic mass is 9.96. The van der Waals surface area contributed by atoms with Crippen molar-refractivity contribution in [2.75, 3.05) is 13.7 Å². The van der Waals surface area contributed by atoms with Crippen molar-refractivity contribution in [3.63, 3.8) is 0 Å². The van der Waals surface area contributed by atoms with Crippen LogP contribution >= 0.6 is 0 Å². The van der Waals surface area contributed by atoms with Crippen LogP contribution in [-0.2, 0) is 22.5 Å². The number of benzene rings is 1. The lowest BCUT2D eigenvalue weighted by molar-refractivity contribution is -0.0710. The Balaban J connectivity index is 1.27. The quantitative estimate of drug-likeness (QED) is 0.586. The summed E-state index contributed by atoms with van der Waals surface area (Å²) >= 11 is 0. The number of nitrogens with zero attached hydrogens (tertiary/aromatic N) is 2. The zero-order chi connectivity index (χ0) is 22.3. The molecule has 1 amide bonds. The third-order valence-corrected chi connectivity index (χ3v) is 5.56. The molecule has 3 heterocycles. The maximum Gasteiger partial charge on any atom is 0.407 e. The van der Waals surface area contributed by atoms with E-state index in [-0.39, 0.29) is 18.8 Å². The second-order valence-electron chi connectivity index (χ2n) is 7.82. The smallest absolute Gasteiger partial charge is 0.407 e. The Labute approximate surface area is 186 Å². The summed E-state index contributed by atoms with van der Waals surface area (Å²) in [5.41, 5.74) is 3.27. The predicted molar refractivity (Wildman–Crippen MR) is 118 cm³/mol. The summed E-state index contributed by atoms with van der Waals surface area (Å²) in [6, 6.07) is 14.8. The van der Waals surface area contributed by atoms with Crippen LogP contribution < -0.4 is 10.1 Å². The average molecular weight is 437 g/mol. The highest BCUT2D eigenvalue weighted by Crippen LogP contribution is 2.23. The Morgan fingerprint density at radius 3 is 2.81 bits per heavy atom. The number of methoxy groups -OCH3 is 1. The maximum absolute atomic E-state index is 12.1. The summed E-state index contributed by atoms with van der Waals surface area (Å²) in [6.45, 7) is 0.547. The molecule has 0 aliphatic carbocycles. The first-order valence-corrected chi connectivity index (χ1v) is 10.7. The highest BCUT2D eigenvalue weighted by atomic mass is 16.5. The van der Waals surface area contributed by atoms with Gasteiger partial charge in [-0.25, -0.2) is 9.78 Å². The number of carbonyl (C=O) groups is 1. The number of amides is 1. The molecule has 1 unspecified atom stereocenters. The summed E-state index contributed by atoms with van der Waals surface area (Å²) in [7, 11) is 1.57. The molecule has 3 atom stereocenters. The fraction of sp³-hybridized carbons (Fsp3) is 0.375. The van der Waals surface area contributed by atoms with Gasteiger partial charge in [0.25, 0.3) is 0 Å². The first-order chi connectivity index (χ1) is 15.6. The summed E-state index contributed by atoms with van der Waals surface area (Å²) in [5, 5.41) is 13.6. The Morgan fingerprint density at radius 1 is 1.22 bits per heavy atom. The van der Waals surface area contributed by atoms with Crippen LogP contribution in [0.4, 0.5) is 4.79 Å². The summed E-state index contributed by atoms with van der Waals surface area (Å²) in [6.07, 6.45) is 1.95. The predicted octanol–water partition coefficient (Wildman–Crippen LogP) is 3.02. The minimum Gasteiger partial charge on any atom is -0.481 e. The maximum atomic E-state index is 12.1. The number of hydrogen-bond donors (Lipinski definition) is 2. The Morgan fingerprint density at radius 2 is 2.06 bits per heavy atom. The molecule has 2 N–H and O–H groups in total. The number of carbonyl (C=O) groups excluding carboxylic acids is 1. The van der Waals surface area contributed by atoms with E-state index in [0.717, 1.165) is 16.6 Å². The molecule has 4 rings (SSSR count). The van der Waals surface area contributed by atoms with Crippen LogP contribution in [-0.4, -0.2) is 53.1 Å². The SMILES string of the molecule is COc1ccc2nccc(CC(O)[C@@H]3CC[C@@H](NC(=O)OCc4ccccc4)CO3)c2n1. The van der Waals surface area contributed by atoms with Gasteiger partial charge >= 0.3 is 6.09 Å². The van der Waals surface area contributed by atoms with Crippen molar-refractivity contribution in [3.05, 3.63) is 65.9 Å². The lowest BCUT2D eigenvalue weighted by Crippen LogP contribution is -2.46. The van der Waals surface area contributed by atoms with Crippen LogP contribution in [0.1, 0.15) is 24.0 Å². The van der Waals surface area contributed by atoms with Gasteiger partial charge in [0.2, 0.25) is 5.88 Å². The van der Waals surface area contributed by atoms with Crippen molar-refractivity contribution < 1.29 is 24.1 Å². The molecular weight excluding hydrogens is 410 g/mol. The van der Waals surface area contributed by atoms with E-state index in [1.54, 1.807) is 19.4 Å². The zero-order valence-corrected chi connectivity index (χ0v) is 17.9. The van der Waals surface area contributed by atoms with Crippen LogP contribution in [0.15, 0.2) is 54.7 Å². The molecule has 1 aliphatic rings. The molecule has 168 valence electrons. The molecule has 8 heteroatoms. The summed E-state index contributed by atoms with van der Waals surface area (Å²) in [5.74, 6) is 0.503. The van der Waals surface area contributed by atoms with E-state index in [0.29, 0.717) is 37.3 Å². The van der Waals surface area contributed by atoms with E-state index >= 15 is 0 Å². The van der Waals surface area contributed by atoms with Gasteiger partial charge in [0, 0.05) is 18.7 Å². The van der Waals surface area contributed by atoms with E-state index in [1.165, 1.54) is 0 Å². The van der Waals surface area contributed by atoms with Gasteiger partial charge in [-0.15, -0.1) is 0 Å². The minimum atomic E-state index is -0.695. The van der Waals surface area contributed by atoms with E-state index in [9.17, 15) is 9.90 Å². The number of fused-ring (bicyclic) bond motifs is 1. The lowest BCUT2D eigenvalue weighted by Gasteiger charge is -2.32. The van der Waals surface area contributed by atoms with Gasteiger partial charge in [-0.1, -0.05) is 30.3 Å². The fourth-order valence-electron chi connectivity index (χ4n) is 3.82. The number of pyridine rings is 2. The van der Waals surface area contributed by atoms with Gasteiger partial charge in [-0.2, -0.15) is 0 Å². The molecule has 1 aliphatic heterocycles. The van der Waals surface area contributed by atoms with Crippen molar-refractivity contribution in [3.8, 4) is 5.88 Å². The Hall–Kier alpha value is -3.23. The van der Waals surface area contributed by atoms with Crippen molar-refractivity contribution in [2.24, 2.45) is 0 Å². The molecule has 1 fully saturated rings. The highest BCUT2D eigenvalue weighted by molar-refractivity contribution is 5.78. The molecule has 0 radical (unpaired) electrons. The number of alkyl carbamates (subject to hydrolysis) is 1. The van der Waals surface area contributed by atoms with Crippen LogP contribution in [0.2, 0.25) is 0 Å². The van der Waals surface area contributed by atoms with Crippen molar-refractivity contribution in [1.82, 2.24) is 15.3 Å². The fourth-order valence-corrected chi connectivity index (χ4v) is 3.82. The molecule has 0 spiro atoms. The normalized spacial score (nSPS) is 19.3. The largest absolute Gasteiger partial charge is 0.481 e. The molecule has 32 heavy (non-hydrogen) atoms. The molecule has 0 saturated carbocycles. The molecule has 3 aromatic rings. The third kappa shape index (κ3) is 5.52. The van der Waals surface area contributed by atoms with Gasteiger partial charge in [-0.05, 0) is 36.1 Å². The monoisotopic (exact) mass is 437 g/mol. The summed E-state index contributed by atoms with van der Waals surface area (Å²) in [4.78, 5) is 20.9. The van der Waals surface area contributed by atoms with Crippen molar-refractivity contribution in [2.45, 2.75) is 44.1 Å². The van der Waals surface area contributed by atoms with E-state index in [2.05, 4.69) is 15.3 Å². The standard InChI is InChI=1S/C24H27N3O5/c1-30-22-10-8-19-23(27-22)17(11-12-25-19)13-20(28)21-9-7-18(15-31-21)26-24(29)32-14-16-5-3-2-4-6-16/h2-6,8,10-12,18,20-21,28H,7,9,13-15H2,1H3,(H,26,29)/t18-,20?,21+/m1/s1. The number of ether oxygens (including phenoxy) is 3. The second kappa shape index (κ2) is 10.4. The van der Waals surface area contributed by atoms with Gasteiger partial charge in [0.1, 0.15) is 6.61 Å². The Bertz CT molecular complexity index is 1040. The Kier molecular flexibility index (Phi) is 7.14. The zero-order valence-electron chi connectivity index (χ0n) is 17.9. The first kappa shape index (κ1) is 22.0. The number of nitrogens with one attached hydrogen (secondary N) is 1. The number of aromatic nitrogens is 2. The molecular formula is C24H27N3O5. The average Bonchev–Trinajstić information content (AvgIpc) is 2.84. The topological polar surface area (TPSA) is 103 Å². The number of rotatable bonds is 7. The molecule has 8 nitrogen and oxygen atoms in total. The first-order valence-electron chi connectivity index (χ1n) is 10.7. The third-order valence-electron chi connectivity index (χ3n) is 5.56. The molecule has 2 aromatic heterocycles. The number of hydrogen-bond acceptors (Lipinski definition) is 7. The molecule has 0 bridgehead atoms. The number of aliphatic hydroxyl groups excluding tert-OH is 1. The van der Waals surface area contributed by atoms with Crippen molar-refractivity contribution >= 4 is 17.1 Å². The van der Waals surface area contributed by atoms with Crippen LogP contribution in [0.3, 0.4) is 0 Å². The van der Waals surface area contributed by atoms with Gasteiger partial charge in [0.05, 0.1) is 43.0 Å². The van der Waals surface area contributed by atoms with Crippen molar-refractivity contribution in [1.29, 1.82) is 0 Å². The van der Waals surface area contributed by atoms with Crippen LogP contribution in [0.5, 0.6) is 5.88 Å². The summed E-state index contributed by atoms with van der Waals surface area (Å²) < 4.78 is 16.3. The van der Waals surface area contributed by atoms with Crippen LogP contribution in [0.25, 0.3) is 11.0 Å². The van der Waals surface area contributed by atoms with Crippen LogP contribution in [0, 0.1) is 0 Å². The van der Waals surface area contributed by atoms with Gasteiger partial charge in [-0.3, -0.25) is 4.98 Å². The highest BCUT2D eigenvalue weighted by Gasteiger charge is 2.29. The van der Waals surface area contributed by atoms with E-state index < -0.39 is 12.2 Å². The van der Waals surface area contributed by atoms with E-state index in [1.807, 2.05) is 42.5 Å². The van der Waals surface area contributed by atoms with Gasteiger partial charge in [0.15, 0.2) is 0 Å². The van der Waals surface area contributed by atoms with Gasteiger partial charge < -0.3 is 24.6 Å². The second-order valence-corrected chi connectivity index (χ2v) is 7.82. The number of aliphatic hydroxyl groups is 1. The molecule has 1 aromatic carbocycles.